The first-order valence-electron chi connectivity index (χ1n) is 8.64. The summed E-state index contributed by atoms with van der Waals surface area (Å²) in [6, 6.07) is 14.3. The summed E-state index contributed by atoms with van der Waals surface area (Å²) in [7, 11) is 1.57. The molecular formula is C20H23ClN2O3S. The monoisotopic (exact) mass is 406 g/mol. The molecule has 7 heteroatoms. The average Bonchev–Trinajstić information content (AvgIpc) is 2.68. The Labute approximate surface area is 168 Å². The van der Waals surface area contributed by atoms with Crippen molar-refractivity contribution >= 4 is 40.9 Å². The molecule has 0 radical (unpaired) electrons. The number of ether oxygens (including phenoxy) is 1. The van der Waals surface area contributed by atoms with Crippen molar-refractivity contribution in [1.82, 2.24) is 5.32 Å². The molecule has 2 rings (SSSR count). The first-order chi connectivity index (χ1) is 13.0. The van der Waals surface area contributed by atoms with Gasteiger partial charge >= 0.3 is 0 Å². The number of para-hydroxylation sites is 1. The predicted octanol–water partition coefficient (Wildman–Crippen LogP) is 4.23. The normalized spacial score (nSPS) is 11.7. The molecule has 27 heavy (non-hydrogen) atoms. The van der Waals surface area contributed by atoms with E-state index >= 15 is 0 Å². The Morgan fingerprint density at radius 2 is 1.85 bits per heavy atom. The molecule has 0 bridgehead atoms. The minimum absolute atomic E-state index is 0.144. The van der Waals surface area contributed by atoms with Crippen LogP contribution < -0.4 is 10.6 Å². The zero-order valence-electron chi connectivity index (χ0n) is 15.3. The van der Waals surface area contributed by atoms with Gasteiger partial charge in [0.2, 0.25) is 5.91 Å². The van der Waals surface area contributed by atoms with Gasteiger partial charge in [-0.05, 0) is 42.8 Å². The number of rotatable bonds is 9. The highest BCUT2D eigenvalue weighted by atomic mass is 35.5. The molecule has 144 valence electrons. The van der Waals surface area contributed by atoms with Gasteiger partial charge in [0, 0.05) is 23.6 Å². The first-order valence-corrected chi connectivity index (χ1v) is 9.90. The van der Waals surface area contributed by atoms with Crippen LogP contribution in [-0.2, 0) is 9.53 Å². The van der Waals surface area contributed by atoms with Gasteiger partial charge in [-0.1, -0.05) is 30.7 Å². The quantitative estimate of drug-likeness (QED) is 0.483. The second-order valence-electron chi connectivity index (χ2n) is 5.75. The molecule has 0 aliphatic heterocycles. The third-order valence-electron chi connectivity index (χ3n) is 3.78. The van der Waals surface area contributed by atoms with E-state index in [9.17, 15) is 9.59 Å². The number of hydrogen-bond donors (Lipinski definition) is 2. The highest BCUT2D eigenvalue weighted by Gasteiger charge is 2.20. The largest absolute Gasteiger partial charge is 0.383 e. The molecule has 5 nitrogen and oxygen atoms in total. The second kappa shape index (κ2) is 11.0. The minimum Gasteiger partial charge on any atom is -0.383 e. The second-order valence-corrected chi connectivity index (χ2v) is 7.46. The number of benzene rings is 2. The number of carbonyl (C=O) groups excluding carboxylic acids is 2. The summed E-state index contributed by atoms with van der Waals surface area (Å²) in [5.41, 5.74) is 0.917. The molecule has 1 atom stereocenters. The fraction of sp³-hybridized carbons (Fsp3) is 0.300. The summed E-state index contributed by atoms with van der Waals surface area (Å²) in [6.45, 7) is 2.79. The standard InChI is InChI=1S/C20H23ClN2O3S/c1-3-18(27-15-10-8-14(21)9-11-15)20(25)23-17-7-5-4-6-16(17)19(24)22-12-13-26-2/h4-11,18H,3,12-13H2,1-2H3,(H,22,24)(H,23,25)/t18-/m0/s1. The predicted molar refractivity (Wildman–Crippen MR) is 111 cm³/mol. The molecule has 0 heterocycles. The molecule has 2 N–H and O–H groups in total. The summed E-state index contributed by atoms with van der Waals surface area (Å²) in [6.07, 6.45) is 0.654. The Balaban J connectivity index is 2.07. The van der Waals surface area contributed by atoms with E-state index in [1.54, 1.807) is 43.5 Å². The third kappa shape index (κ3) is 6.57. The fourth-order valence-electron chi connectivity index (χ4n) is 2.36. The van der Waals surface area contributed by atoms with E-state index in [2.05, 4.69) is 10.6 Å². The van der Waals surface area contributed by atoms with E-state index in [4.69, 9.17) is 16.3 Å². The van der Waals surface area contributed by atoms with Gasteiger partial charge in [0.05, 0.1) is 23.1 Å². The summed E-state index contributed by atoms with van der Waals surface area (Å²) < 4.78 is 4.94. The van der Waals surface area contributed by atoms with Crippen LogP contribution >= 0.6 is 23.4 Å². The molecule has 0 aromatic heterocycles. The van der Waals surface area contributed by atoms with E-state index in [1.165, 1.54) is 11.8 Å². The molecule has 0 saturated heterocycles. The van der Waals surface area contributed by atoms with Crippen LogP contribution in [0.4, 0.5) is 5.69 Å². The molecule has 0 saturated carbocycles. The van der Waals surface area contributed by atoms with Gasteiger partial charge < -0.3 is 15.4 Å². The minimum atomic E-state index is -0.282. The number of hydrogen-bond acceptors (Lipinski definition) is 4. The van der Waals surface area contributed by atoms with E-state index in [0.717, 1.165) is 4.90 Å². The Kier molecular flexibility index (Phi) is 8.64. The lowest BCUT2D eigenvalue weighted by Crippen LogP contribution is -2.29. The number of anilines is 1. The van der Waals surface area contributed by atoms with Gasteiger partial charge in [-0.3, -0.25) is 9.59 Å². The lowest BCUT2D eigenvalue weighted by atomic mass is 10.1. The zero-order chi connectivity index (χ0) is 19.6. The van der Waals surface area contributed by atoms with Gasteiger partial charge in [0.15, 0.2) is 0 Å². The fourth-order valence-corrected chi connectivity index (χ4v) is 3.45. The maximum Gasteiger partial charge on any atom is 0.253 e. The number of amides is 2. The molecular weight excluding hydrogens is 384 g/mol. The molecule has 0 unspecified atom stereocenters. The molecule has 0 aliphatic carbocycles. The Morgan fingerprint density at radius 3 is 2.52 bits per heavy atom. The molecule has 0 spiro atoms. The van der Waals surface area contributed by atoms with Crippen LogP contribution in [0.3, 0.4) is 0 Å². The Bertz CT molecular complexity index is 768. The van der Waals surface area contributed by atoms with Crippen molar-refractivity contribution in [3.05, 3.63) is 59.1 Å². The smallest absolute Gasteiger partial charge is 0.253 e. The van der Waals surface area contributed by atoms with Crippen molar-refractivity contribution in [2.45, 2.75) is 23.5 Å². The zero-order valence-corrected chi connectivity index (χ0v) is 16.9. The summed E-state index contributed by atoms with van der Waals surface area (Å²) in [5.74, 6) is -0.393. The lowest BCUT2D eigenvalue weighted by molar-refractivity contribution is -0.115. The Hall–Kier alpha value is -2.02. The van der Waals surface area contributed by atoms with Crippen molar-refractivity contribution in [2.24, 2.45) is 0 Å². The van der Waals surface area contributed by atoms with Crippen LogP contribution in [0.1, 0.15) is 23.7 Å². The third-order valence-corrected chi connectivity index (χ3v) is 5.40. The summed E-state index contributed by atoms with van der Waals surface area (Å²) in [5, 5.41) is 6.03. The van der Waals surface area contributed by atoms with E-state index in [-0.39, 0.29) is 17.1 Å². The number of carbonyl (C=O) groups is 2. The van der Waals surface area contributed by atoms with Crippen molar-refractivity contribution in [2.75, 3.05) is 25.6 Å². The molecule has 0 fully saturated rings. The highest BCUT2D eigenvalue weighted by Crippen LogP contribution is 2.28. The lowest BCUT2D eigenvalue weighted by Gasteiger charge is -2.16. The maximum atomic E-state index is 12.7. The summed E-state index contributed by atoms with van der Waals surface area (Å²) >= 11 is 7.38. The van der Waals surface area contributed by atoms with Gasteiger partial charge in [-0.15, -0.1) is 11.8 Å². The number of nitrogens with one attached hydrogen (secondary N) is 2. The average molecular weight is 407 g/mol. The van der Waals surface area contributed by atoms with Gasteiger partial charge in [0.1, 0.15) is 0 Å². The van der Waals surface area contributed by atoms with Crippen LogP contribution in [0.15, 0.2) is 53.4 Å². The van der Waals surface area contributed by atoms with Gasteiger partial charge in [-0.2, -0.15) is 0 Å². The van der Waals surface area contributed by atoms with Crippen molar-refractivity contribution in [1.29, 1.82) is 0 Å². The topological polar surface area (TPSA) is 67.4 Å². The van der Waals surface area contributed by atoms with Crippen LogP contribution in [0.5, 0.6) is 0 Å². The maximum absolute atomic E-state index is 12.7. The number of methoxy groups -OCH3 is 1. The first kappa shape index (κ1) is 21.3. The molecule has 2 amide bonds. The number of halogens is 1. The van der Waals surface area contributed by atoms with E-state index in [0.29, 0.717) is 35.8 Å². The van der Waals surface area contributed by atoms with Crippen molar-refractivity contribution < 1.29 is 14.3 Å². The van der Waals surface area contributed by atoms with Crippen LogP contribution in [0.25, 0.3) is 0 Å². The molecule has 0 aliphatic rings. The van der Waals surface area contributed by atoms with E-state index in [1.807, 2.05) is 19.1 Å². The van der Waals surface area contributed by atoms with E-state index < -0.39 is 0 Å². The SMILES string of the molecule is CC[C@H](Sc1ccc(Cl)cc1)C(=O)Nc1ccccc1C(=O)NCCOC. The van der Waals surface area contributed by atoms with Crippen LogP contribution in [0, 0.1) is 0 Å². The van der Waals surface area contributed by atoms with Crippen molar-refractivity contribution in [3.63, 3.8) is 0 Å². The molecule has 2 aromatic rings. The van der Waals surface area contributed by atoms with Crippen LogP contribution in [0.2, 0.25) is 5.02 Å². The summed E-state index contributed by atoms with van der Waals surface area (Å²) in [4.78, 5) is 26.1. The van der Waals surface area contributed by atoms with Crippen LogP contribution in [-0.4, -0.2) is 37.3 Å². The van der Waals surface area contributed by atoms with Crippen molar-refractivity contribution in [3.8, 4) is 0 Å². The van der Waals surface area contributed by atoms with Gasteiger partial charge in [0.25, 0.3) is 5.91 Å². The van der Waals surface area contributed by atoms with Gasteiger partial charge in [-0.25, -0.2) is 0 Å². The highest BCUT2D eigenvalue weighted by molar-refractivity contribution is 8.00. The Morgan fingerprint density at radius 1 is 1.15 bits per heavy atom. The molecule has 2 aromatic carbocycles. The number of thioether (sulfide) groups is 1.